The Balaban J connectivity index is 1.12. The predicted octanol–water partition coefficient (Wildman–Crippen LogP) is 3.36. The Bertz CT molecular complexity index is 1850. The lowest BCUT2D eigenvalue weighted by Gasteiger charge is -2.29. The van der Waals surface area contributed by atoms with Crippen molar-refractivity contribution in [1.29, 1.82) is 0 Å². The monoisotopic (exact) mass is 711 g/mol. The van der Waals surface area contributed by atoms with Crippen LogP contribution in [0.15, 0.2) is 72.1 Å². The highest BCUT2D eigenvalue weighted by Gasteiger charge is 2.35. The standard InChI is InChI=1S/C32H37N7O6S3/c40-27(33-17-19-46-47-28-12-2-4-13-34-28)11-1-3-14-37-31(41)24(21-48(43,44)45)38-32(42)25-10-7-18-39(25)26-20-22-8-5-15-35-29(22)30-23(26)9-6-16-36-30/h2,4-6,8-9,12-13,15-16,20,24-25H,1,3,7,10-11,14,17-19,21H2,(H,33,40)(H,37,41)(H,38,42)(H,43,44,45). The van der Waals surface area contributed by atoms with Crippen molar-refractivity contribution >= 4 is 76.9 Å². The second kappa shape index (κ2) is 16.9. The zero-order valence-electron chi connectivity index (χ0n) is 26.1. The van der Waals surface area contributed by atoms with Gasteiger partial charge in [-0.25, -0.2) is 4.98 Å². The van der Waals surface area contributed by atoms with E-state index in [-0.39, 0.29) is 18.9 Å². The third kappa shape index (κ3) is 9.78. The van der Waals surface area contributed by atoms with Crippen LogP contribution in [0.4, 0.5) is 5.69 Å². The maximum Gasteiger partial charge on any atom is 0.267 e. The van der Waals surface area contributed by atoms with Gasteiger partial charge in [0.15, 0.2) is 0 Å². The van der Waals surface area contributed by atoms with Gasteiger partial charge in [0, 0.05) is 66.9 Å². The van der Waals surface area contributed by atoms with E-state index in [1.807, 2.05) is 53.4 Å². The number of carbonyl (C=O) groups is 3. The molecular formula is C32H37N7O6S3. The number of hydrogen-bond acceptors (Lipinski definition) is 11. The Morgan fingerprint density at radius 3 is 2.54 bits per heavy atom. The lowest BCUT2D eigenvalue weighted by atomic mass is 10.1. The molecule has 13 nitrogen and oxygen atoms in total. The molecule has 2 unspecified atom stereocenters. The van der Waals surface area contributed by atoms with Gasteiger partial charge in [0.05, 0.1) is 11.0 Å². The molecule has 3 aromatic heterocycles. The van der Waals surface area contributed by atoms with Crippen LogP contribution < -0.4 is 20.9 Å². The van der Waals surface area contributed by atoms with E-state index in [0.29, 0.717) is 44.3 Å². The minimum atomic E-state index is -4.60. The van der Waals surface area contributed by atoms with E-state index < -0.39 is 39.8 Å². The van der Waals surface area contributed by atoms with Gasteiger partial charge in [-0.05, 0) is 72.9 Å². The number of rotatable bonds is 16. The molecule has 16 heteroatoms. The number of unbranched alkanes of at least 4 members (excludes halogenated alkanes) is 1. The zero-order valence-corrected chi connectivity index (χ0v) is 28.5. The number of anilines is 1. The molecule has 4 heterocycles. The normalized spacial score (nSPS) is 15.4. The van der Waals surface area contributed by atoms with E-state index in [2.05, 4.69) is 30.9 Å². The molecule has 2 atom stereocenters. The Morgan fingerprint density at radius 1 is 0.958 bits per heavy atom. The molecule has 4 N–H and O–H groups in total. The number of hydrogen-bond donors (Lipinski definition) is 4. The quantitative estimate of drug-likeness (QED) is 0.0576. The molecule has 1 fully saturated rings. The van der Waals surface area contributed by atoms with Crippen LogP contribution in [0.5, 0.6) is 0 Å². The molecule has 0 radical (unpaired) electrons. The van der Waals surface area contributed by atoms with Gasteiger partial charge in [0.1, 0.15) is 22.9 Å². The van der Waals surface area contributed by atoms with E-state index in [1.54, 1.807) is 40.2 Å². The average molecular weight is 712 g/mol. The fourth-order valence-electron chi connectivity index (χ4n) is 5.55. The summed E-state index contributed by atoms with van der Waals surface area (Å²) in [5.41, 5.74) is 2.24. The van der Waals surface area contributed by atoms with Crippen LogP contribution in [0, 0.1) is 0 Å². The molecule has 4 aromatic rings. The maximum atomic E-state index is 13.6. The lowest BCUT2D eigenvalue weighted by Crippen LogP contribution is -2.54. The van der Waals surface area contributed by atoms with Crippen molar-refractivity contribution in [2.24, 2.45) is 0 Å². The highest BCUT2D eigenvalue weighted by atomic mass is 33.1. The molecule has 0 aliphatic carbocycles. The van der Waals surface area contributed by atoms with Crippen molar-refractivity contribution in [2.45, 2.75) is 49.2 Å². The van der Waals surface area contributed by atoms with E-state index >= 15 is 0 Å². The Kier molecular flexibility index (Phi) is 12.4. The van der Waals surface area contributed by atoms with Crippen LogP contribution in [0.3, 0.4) is 0 Å². The second-order valence-electron chi connectivity index (χ2n) is 11.2. The smallest absolute Gasteiger partial charge is 0.267 e. The molecule has 0 saturated carbocycles. The number of nitrogens with zero attached hydrogens (tertiary/aromatic N) is 4. The van der Waals surface area contributed by atoms with Crippen molar-refractivity contribution in [2.75, 3.05) is 36.0 Å². The summed E-state index contributed by atoms with van der Waals surface area (Å²) in [4.78, 5) is 54.0. The van der Waals surface area contributed by atoms with Crippen molar-refractivity contribution in [3.8, 4) is 0 Å². The van der Waals surface area contributed by atoms with E-state index in [0.717, 1.165) is 32.8 Å². The van der Waals surface area contributed by atoms with E-state index in [1.165, 1.54) is 0 Å². The van der Waals surface area contributed by atoms with Gasteiger partial charge < -0.3 is 20.9 Å². The summed E-state index contributed by atoms with van der Waals surface area (Å²) in [6, 6.07) is 13.0. The van der Waals surface area contributed by atoms with Gasteiger partial charge in [0.2, 0.25) is 17.7 Å². The van der Waals surface area contributed by atoms with Gasteiger partial charge in [0.25, 0.3) is 10.1 Å². The summed E-state index contributed by atoms with van der Waals surface area (Å²) in [6.45, 7) is 1.25. The third-order valence-electron chi connectivity index (χ3n) is 7.73. The molecule has 1 aromatic carbocycles. The van der Waals surface area contributed by atoms with Crippen LogP contribution in [-0.2, 0) is 24.5 Å². The predicted molar refractivity (Wildman–Crippen MR) is 188 cm³/mol. The molecule has 48 heavy (non-hydrogen) atoms. The number of aromatic nitrogens is 3. The van der Waals surface area contributed by atoms with Gasteiger partial charge >= 0.3 is 0 Å². The number of pyridine rings is 3. The first kappa shape index (κ1) is 35.3. The molecule has 1 saturated heterocycles. The fourth-order valence-corrected chi connectivity index (χ4v) is 7.99. The molecule has 1 aliphatic heterocycles. The first-order chi connectivity index (χ1) is 23.2. The van der Waals surface area contributed by atoms with Gasteiger partial charge in [-0.1, -0.05) is 22.9 Å². The largest absolute Gasteiger partial charge is 0.359 e. The number of carbonyl (C=O) groups excluding carboxylic acids is 3. The minimum absolute atomic E-state index is 0.103. The van der Waals surface area contributed by atoms with Gasteiger partial charge in [-0.3, -0.25) is 28.9 Å². The van der Waals surface area contributed by atoms with Gasteiger partial charge in [-0.15, -0.1) is 0 Å². The third-order valence-corrected chi connectivity index (χ3v) is 10.8. The van der Waals surface area contributed by atoms with Crippen LogP contribution in [0.25, 0.3) is 21.8 Å². The van der Waals surface area contributed by atoms with Crippen LogP contribution >= 0.6 is 21.6 Å². The fraction of sp³-hybridized carbons (Fsp3) is 0.375. The van der Waals surface area contributed by atoms with E-state index in [4.69, 9.17) is 0 Å². The second-order valence-corrected chi connectivity index (χ2v) is 15.1. The topological polar surface area (TPSA) is 184 Å². The summed E-state index contributed by atoms with van der Waals surface area (Å²) in [7, 11) is -1.46. The number of nitrogens with one attached hydrogen (secondary N) is 3. The Hall–Kier alpha value is -3.99. The first-order valence-corrected chi connectivity index (χ1v) is 19.5. The number of amides is 3. The maximum absolute atomic E-state index is 13.6. The molecule has 5 rings (SSSR count). The SMILES string of the molecule is O=C(CCCCNC(=O)C(CS(=O)(=O)O)NC(=O)C1CCCN1c1cc2cccnc2c2ncccc12)NCCSSc1ccccn1. The van der Waals surface area contributed by atoms with Crippen LogP contribution in [0.2, 0.25) is 0 Å². The van der Waals surface area contributed by atoms with Crippen molar-refractivity contribution < 1.29 is 27.4 Å². The molecule has 0 spiro atoms. The molecule has 1 aliphatic rings. The highest BCUT2D eigenvalue weighted by Crippen LogP contribution is 2.36. The van der Waals surface area contributed by atoms with Crippen molar-refractivity contribution in [3.05, 3.63) is 67.1 Å². The average Bonchev–Trinajstić information content (AvgIpc) is 3.57. The summed E-state index contributed by atoms with van der Waals surface area (Å²) < 4.78 is 33.2. The number of benzene rings is 1. The first-order valence-electron chi connectivity index (χ1n) is 15.6. The van der Waals surface area contributed by atoms with Crippen molar-refractivity contribution in [3.63, 3.8) is 0 Å². The zero-order chi connectivity index (χ0) is 33.9. The molecule has 3 amide bonds. The summed E-state index contributed by atoms with van der Waals surface area (Å²) in [5.74, 6) is -1.61. The molecule has 0 bridgehead atoms. The van der Waals surface area contributed by atoms with Gasteiger partial charge in [-0.2, -0.15) is 8.42 Å². The van der Waals surface area contributed by atoms with Crippen LogP contribution in [0.1, 0.15) is 32.1 Å². The Labute approximate surface area is 286 Å². The Morgan fingerprint density at radius 2 is 1.75 bits per heavy atom. The van der Waals surface area contributed by atoms with E-state index in [9.17, 15) is 27.4 Å². The summed E-state index contributed by atoms with van der Waals surface area (Å²) in [5, 5.41) is 10.7. The minimum Gasteiger partial charge on any atom is -0.359 e. The van der Waals surface area contributed by atoms with Crippen molar-refractivity contribution in [1.82, 2.24) is 30.9 Å². The lowest BCUT2D eigenvalue weighted by molar-refractivity contribution is -0.129. The molecule has 254 valence electrons. The summed E-state index contributed by atoms with van der Waals surface area (Å²) in [6.07, 6.45) is 7.54. The molecular weight excluding hydrogens is 675 g/mol. The van der Waals surface area contributed by atoms with Crippen LogP contribution in [-0.4, -0.2) is 88.9 Å². The highest BCUT2D eigenvalue weighted by molar-refractivity contribution is 8.76. The number of fused-ring (bicyclic) bond motifs is 3. The summed E-state index contributed by atoms with van der Waals surface area (Å²) >= 11 is 0.